The highest BCUT2D eigenvalue weighted by atomic mass is 35.5. The SMILES string of the molecule is CN=C(Cl)/C(CN1CCCCC(NCCC(C)(C)C)C1)=C(N)/C(N)=C(\C)C=O. The molecule has 7 heteroatoms. The summed E-state index contributed by atoms with van der Waals surface area (Å²) >= 11 is 6.35. The van der Waals surface area contributed by atoms with Gasteiger partial charge in [-0.2, -0.15) is 0 Å². The van der Waals surface area contributed by atoms with Crippen molar-refractivity contribution in [1.82, 2.24) is 10.2 Å². The second-order valence-electron chi connectivity index (χ2n) is 8.81. The number of rotatable bonds is 8. The summed E-state index contributed by atoms with van der Waals surface area (Å²) < 4.78 is 0. The van der Waals surface area contributed by atoms with E-state index in [1.165, 1.54) is 6.42 Å². The Labute approximate surface area is 175 Å². The van der Waals surface area contributed by atoms with Gasteiger partial charge in [-0.15, -0.1) is 0 Å². The topological polar surface area (TPSA) is 96.7 Å². The van der Waals surface area contributed by atoms with Gasteiger partial charge in [0.2, 0.25) is 0 Å². The van der Waals surface area contributed by atoms with Gasteiger partial charge in [-0.05, 0) is 44.7 Å². The number of carbonyl (C=O) groups excluding carboxylic acids is 1. The van der Waals surface area contributed by atoms with Crippen LogP contribution in [0.1, 0.15) is 53.4 Å². The van der Waals surface area contributed by atoms with Crippen LogP contribution in [-0.2, 0) is 4.79 Å². The van der Waals surface area contributed by atoms with Crippen LogP contribution in [0.15, 0.2) is 27.5 Å². The lowest BCUT2D eigenvalue weighted by molar-refractivity contribution is -0.104. The van der Waals surface area contributed by atoms with Crippen molar-refractivity contribution >= 4 is 23.1 Å². The van der Waals surface area contributed by atoms with E-state index < -0.39 is 0 Å². The van der Waals surface area contributed by atoms with Crippen molar-refractivity contribution in [1.29, 1.82) is 0 Å². The van der Waals surface area contributed by atoms with Crippen LogP contribution in [0.3, 0.4) is 0 Å². The van der Waals surface area contributed by atoms with Crippen molar-refractivity contribution in [3.05, 3.63) is 22.5 Å². The molecule has 1 aliphatic heterocycles. The Morgan fingerprint density at radius 1 is 1.29 bits per heavy atom. The standard InChI is InChI=1S/C21H38ClN5O/c1-15(14-28)18(23)19(24)17(20(22)25-5)13-27-11-7-6-8-16(12-27)26-10-9-21(2,3)4/h14,16,26H,6-13,23-24H2,1-5H3/b18-15-,19-17-,25-20?. The third-order valence-electron chi connectivity index (χ3n) is 5.11. The van der Waals surface area contributed by atoms with E-state index >= 15 is 0 Å². The van der Waals surface area contributed by atoms with Gasteiger partial charge in [0, 0.05) is 37.3 Å². The van der Waals surface area contributed by atoms with Gasteiger partial charge in [0.25, 0.3) is 0 Å². The van der Waals surface area contributed by atoms with Crippen LogP contribution in [0, 0.1) is 5.41 Å². The first-order chi connectivity index (χ1) is 13.1. The van der Waals surface area contributed by atoms with Crippen molar-refractivity contribution in [3.8, 4) is 0 Å². The van der Waals surface area contributed by atoms with E-state index in [1.807, 2.05) is 0 Å². The predicted molar refractivity (Wildman–Crippen MR) is 120 cm³/mol. The molecule has 0 aromatic rings. The highest BCUT2D eigenvalue weighted by Crippen LogP contribution is 2.20. The summed E-state index contributed by atoms with van der Waals surface area (Å²) in [6.45, 7) is 11.9. The summed E-state index contributed by atoms with van der Waals surface area (Å²) in [5.74, 6) is 0. The molecule has 160 valence electrons. The van der Waals surface area contributed by atoms with Crippen molar-refractivity contribution in [2.75, 3.05) is 33.2 Å². The first kappa shape index (κ1) is 24.7. The molecule has 0 aromatic carbocycles. The molecule has 1 atom stereocenters. The summed E-state index contributed by atoms with van der Waals surface area (Å²) in [7, 11) is 1.63. The number of hydrogen-bond donors (Lipinski definition) is 3. The Kier molecular flexibility index (Phi) is 10.2. The molecule has 0 saturated carbocycles. The maximum Gasteiger partial charge on any atom is 0.147 e. The normalized spacial score (nSPS) is 21.6. The summed E-state index contributed by atoms with van der Waals surface area (Å²) in [5.41, 5.74) is 14.3. The molecule has 0 aliphatic carbocycles. The smallest absolute Gasteiger partial charge is 0.147 e. The number of aldehydes is 1. The molecule has 1 fully saturated rings. The lowest BCUT2D eigenvalue weighted by atomic mass is 9.92. The summed E-state index contributed by atoms with van der Waals surface area (Å²) in [4.78, 5) is 17.5. The van der Waals surface area contributed by atoms with Crippen molar-refractivity contribution in [2.45, 2.75) is 59.4 Å². The van der Waals surface area contributed by atoms with E-state index in [9.17, 15) is 4.79 Å². The molecular weight excluding hydrogens is 374 g/mol. The monoisotopic (exact) mass is 411 g/mol. The molecule has 0 radical (unpaired) electrons. The number of nitrogens with two attached hydrogens (primary N) is 2. The van der Waals surface area contributed by atoms with E-state index in [2.05, 4.69) is 36.0 Å². The van der Waals surface area contributed by atoms with E-state index in [4.69, 9.17) is 23.1 Å². The lowest BCUT2D eigenvalue weighted by Gasteiger charge is -2.27. The number of carbonyl (C=O) groups is 1. The fourth-order valence-electron chi connectivity index (χ4n) is 3.24. The summed E-state index contributed by atoms with van der Waals surface area (Å²) in [6, 6.07) is 0.439. The minimum atomic E-state index is 0.265. The molecule has 6 nitrogen and oxygen atoms in total. The van der Waals surface area contributed by atoms with Gasteiger partial charge < -0.3 is 16.8 Å². The largest absolute Gasteiger partial charge is 0.397 e. The molecule has 28 heavy (non-hydrogen) atoms. The first-order valence-electron chi connectivity index (χ1n) is 10.1. The third kappa shape index (κ3) is 8.33. The van der Waals surface area contributed by atoms with E-state index in [-0.39, 0.29) is 5.70 Å². The lowest BCUT2D eigenvalue weighted by Crippen LogP contribution is -2.42. The Morgan fingerprint density at radius 2 is 1.96 bits per heavy atom. The van der Waals surface area contributed by atoms with Crippen molar-refractivity contribution < 1.29 is 4.79 Å². The number of nitrogens with one attached hydrogen (secondary N) is 1. The molecule has 0 spiro atoms. The summed E-state index contributed by atoms with van der Waals surface area (Å²) in [5, 5.41) is 4.05. The number of aliphatic imine (C=N–C) groups is 1. The number of likely N-dealkylation sites (tertiary alicyclic amines) is 1. The zero-order valence-electron chi connectivity index (χ0n) is 18.1. The Bertz CT molecular complexity index is 619. The Balaban J connectivity index is 2.94. The quantitative estimate of drug-likeness (QED) is 0.247. The van der Waals surface area contributed by atoms with Gasteiger partial charge >= 0.3 is 0 Å². The van der Waals surface area contributed by atoms with Gasteiger partial charge in [0.05, 0.1) is 11.4 Å². The predicted octanol–water partition coefficient (Wildman–Crippen LogP) is 2.78. The molecule has 0 amide bonds. The van der Waals surface area contributed by atoms with Gasteiger partial charge in [0.15, 0.2) is 0 Å². The van der Waals surface area contributed by atoms with Crippen molar-refractivity contribution in [3.63, 3.8) is 0 Å². The van der Waals surface area contributed by atoms with Gasteiger partial charge in [0.1, 0.15) is 11.5 Å². The number of nitrogens with zero attached hydrogens (tertiary/aromatic N) is 2. The van der Waals surface area contributed by atoms with Crippen molar-refractivity contribution in [2.24, 2.45) is 21.9 Å². The zero-order chi connectivity index (χ0) is 21.3. The second kappa shape index (κ2) is 11.6. The Morgan fingerprint density at radius 3 is 2.54 bits per heavy atom. The van der Waals surface area contributed by atoms with E-state index in [1.54, 1.807) is 14.0 Å². The fourth-order valence-corrected chi connectivity index (χ4v) is 3.40. The van der Waals surface area contributed by atoms with E-state index in [0.717, 1.165) is 38.9 Å². The van der Waals surface area contributed by atoms with Crippen LogP contribution in [0.5, 0.6) is 0 Å². The molecule has 5 N–H and O–H groups in total. The maximum absolute atomic E-state index is 11.1. The molecular formula is C21H38ClN5O. The molecule has 1 rings (SSSR count). The van der Waals surface area contributed by atoms with Crippen LogP contribution < -0.4 is 16.8 Å². The zero-order valence-corrected chi connectivity index (χ0v) is 18.9. The van der Waals surface area contributed by atoms with Gasteiger partial charge in [-0.1, -0.05) is 38.8 Å². The second-order valence-corrected chi connectivity index (χ2v) is 9.17. The average molecular weight is 412 g/mol. The minimum absolute atomic E-state index is 0.265. The molecule has 1 aliphatic rings. The van der Waals surface area contributed by atoms with Crippen LogP contribution >= 0.6 is 11.6 Å². The van der Waals surface area contributed by atoms with Crippen LogP contribution in [0.25, 0.3) is 0 Å². The molecule has 0 aromatic heterocycles. The maximum atomic E-state index is 11.1. The Hall–Kier alpha value is -1.37. The van der Waals surface area contributed by atoms with Gasteiger partial charge in [-0.25, -0.2) is 0 Å². The minimum Gasteiger partial charge on any atom is -0.397 e. The van der Waals surface area contributed by atoms with Crippen LogP contribution in [0.2, 0.25) is 0 Å². The fraction of sp³-hybridized carbons (Fsp3) is 0.714. The number of halogens is 1. The number of allylic oxidation sites excluding steroid dienone is 1. The number of hydrogen-bond acceptors (Lipinski definition) is 6. The highest BCUT2D eigenvalue weighted by Gasteiger charge is 2.22. The van der Waals surface area contributed by atoms with Crippen LogP contribution in [-0.4, -0.2) is 55.6 Å². The van der Waals surface area contributed by atoms with Gasteiger partial charge in [-0.3, -0.25) is 14.7 Å². The summed E-state index contributed by atoms with van der Waals surface area (Å²) in [6.07, 6.45) is 5.33. The molecule has 1 heterocycles. The molecule has 1 saturated heterocycles. The van der Waals surface area contributed by atoms with E-state index in [0.29, 0.717) is 46.3 Å². The average Bonchev–Trinajstić information content (AvgIpc) is 2.87. The third-order valence-corrected chi connectivity index (χ3v) is 5.50. The highest BCUT2D eigenvalue weighted by molar-refractivity contribution is 6.69. The molecule has 1 unspecified atom stereocenters. The first-order valence-corrected chi connectivity index (χ1v) is 10.5. The molecule has 0 bridgehead atoms. The van der Waals surface area contributed by atoms with Crippen LogP contribution in [0.4, 0.5) is 0 Å².